The van der Waals surface area contributed by atoms with Crippen LogP contribution in [0.3, 0.4) is 0 Å². The van der Waals surface area contributed by atoms with E-state index in [-0.39, 0.29) is 35.5 Å². The molecule has 1 N–H and O–H groups in total. The maximum absolute atomic E-state index is 13.7. The van der Waals surface area contributed by atoms with Crippen molar-refractivity contribution in [2.24, 2.45) is 11.8 Å². The van der Waals surface area contributed by atoms with Gasteiger partial charge in [0.15, 0.2) is 5.78 Å². The van der Waals surface area contributed by atoms with Crippen LogP contribution >= 0.6 is 0 Å². The number of Topliss-reactive ketones (excluding diaryl/α,β-unsaturated/α-hetero) is 1. The molecular formula is C31H33NO2. The van der Waals surface area contributed by atoms with Gasteiger partial charge in [0, 0.05) is 34.9 Å². The second-order valence-electron chi connectivity index (χ2n) is 10.0. The average molecular weight is 452 g/mol. The lowest BCUT2D eigenvalue weighted by Gasteiger charge is -2.28. The third-order valence-electron chi connectivity index (χ3n) is 7.82. The first-order chi connectivity index (χ1) is 16.6. The Morgan fingerprint density at radius 2 is 1.29 bits per heavy atom. The first-order valence-electron chi connectivity index (χ1n) is 12.7. The predicted octanol–water partition coefficient (Wildman–Crippen LogP) is 6.77. The maximum Gasteiger partial charge on any atom is 0.251 e. The van der Waals surface area contributed by atoms with Crippen LogP contribution in [0.4, 0.5) is 0 Å². The Kier molecular flexibility index (Phi) is 6.62. The molecule has 2 aliphatic carbocycles. The molecule has 1 amide bonds. The van der Waals surface area contributed by atoms with E-state index in [0.29, 0.717) is 17.0 Å². The normalized spacial score (nSPS) is 23.1. The second-order valence-corrected chi connectivity index (χ2v) is 10.0. The molecule has 2 aliphatic rings. The number of nitrogens with one attached hydrogen (secondary N) is 1. The highest BCUT2D eigenvalue weighted by Gasteiger charge is 2.55. The fourth-order valence-electron chi connectivity index (χ4n) is 5.87. The third kappa shape index (κ3) is 4.70. The van der Waals surface area contributed by atoms with E-state index in [1.54, 1.807) is 6.07 Å². The van der Waals surface area contributed by atoms with E-state index in [1.165, 1.54) is 43.2 Å². The van der Waals surface area contributed by atoms with E-state index < -0.39 is 0 Å². The minimum atomic E-state index is -0.107. The van der Waals surface area contributed by atoms with Crippen LogP contribution in [0.5, 0.6) is 0 Å². The Morgan fingerprint density at radius 1 is 0.735 bits per heavy atom. The monoisotopic (exact) mass is 451 g/mol. The quantitative estimate of drug-likeness (QED) is 0.403. The highest BCUT2D eigenvalue weighted by Crippen LogP contribution is 2.61. The number of benzene rings is 3. The largest absolute Gasteiger partial charge is 0.349 e. The van der Waals surface area contributed by atoms with Gasteiger partial charge in [0.1, 0.15) is 0 Å². The lowest BCUT2D eigenvalue weighted by molar-refractivity contribution is 0.0919. The van der Waals surface area contributed by atoms with Crippen LogP contribution in [0.15, 0.2) is 84.9 Å². The zero-order valence-corrected chi connectivity index (χ0v) is 19.8. The van der Waals surface area contributed by atoms with Gasteiger partial charge in [-0.3, -0.25) is 9.59 Å². The number of carbonyl (C=O) groups excluding carboxylic acids is 2. The molecule has 0 bridgehead atoms. The summed E-state index contributed by atoms with van der Waals surface area (Å²) in [5.74, 6) is 0.816. The summed E-state index contributed by atoms with van der Waals surface area (Å²) in [5.41, 5.74) is 3.60. The molecule has 3 heteroatoms. The van der Waals surface area contributed by atoms with Crippen LogP contribution in [0, 0.1) is 11.8 Å². The zero-order valence-electron chi connectivity index (χ0n) is 19.8. The van der Waals surface area contributed by atoms with Gasteiger partial charge in [-0.25, -0.2) is 0 Å². The average Bonchev–Trinajstić information content (AvgIpc) is 3.65. The minimum absolute atomic E-state index is 0.0808. The molecule has 3 nitrogen and oxygen atoms in total. The zero-order chi connectivity index (χ0) is 23.5. The van der Waals surface area contributed by atoms with Crippen molar-refractivity contribution in [1.82, 2.24) is 5.32 Å². The first kappa shape index (κ1) is 22.6. The van der Waals surface area contributed by atoms with Crippen molar-refractivity contribution in [3.63, 3.8) is 0 Å². The number of rotatable bonds is 7. The molecule has 0 radical (unpaired) electrons. The molecule has 0 spiro atoms. The Hall–Kier alpha value is -3.20. The highest BCUT2D eigenvalue weighted by atomic mass is 16.1. The van der Waals surface area contributed by atoms with Gasteiger partial charge in [0.25, 0.3) is 5.91 Å². The Bertz CT molecular complexity index is 1090. The Morgan fingerprint density at radius 3 is 1.88 bits per heavy atom. The third-order valence-corrected chi connectivity index (χ3v) is 7.82. The minimum Gasteiger partial charge on any atom is -0.349 e. The molecule has 3 aromatic carbocycles. The van der Waals surface area contributed by atoms with E-state index in [0.717, 1.165) is 0 Å². The molecule has 0 heterocycles. The molecule has 2 fully saturated rings. The van der Waals surface area contributed by atoms with Gasteiger partial charge in [-0.1, -0.05) is 92.1 Å². The number of ketones is 1. The van der Waals surface area contributed by atoms with Crippen LogP contribution in [-0.4, -0.2) is 17.7 Å². The van der Waals surface area contributed by atoms with Gasteiger partial charge in [0.05, 0.1) is 0 Å². The van der Waals surface area contributed by atoms with Crippen molar-refractivity contribution in [3.05, 3.63) is 107 Å². The summed E-state index contributed by atoms with van der Waals surface area (Å²) in [6, 6.07) is 28.1. The van der Waals surface area contributed by atoms with E-state index in [2.05, 4.69) is 36.5 Å². The van der Waals surface area contributed by atoms with Crippen LogP contribution in [0.25, 0.3) is 0 Å². The Labute approximate surface area is 202 Å². The van der Waals surface area contributed by atoms with Crippen molar-refractivity contribution in [2.75, 3.05) is 0 Å². The van der Waals surface area contributed by atoms with Crippen LogP contribution in [-0.2, 0) is 0 Å². The molecule has 0 aromatic heterocycles. The SMILES string of the molecule is C[C@H](NC(=O)c1cccc(C(=O)C2[C@@H](c3ccccc3)[C@@H]2c2ccccc2)c1)C1CCCCC1. The van der Waals surface area contributed by atoms with Crippen molar-refractivity contribution >= 4 is 11.7 Å². The lowest BCUT2D eigenvalue weighted by atomic mass is 9.84. The predicted molar refractivity (Wildman–Crippen MR) is 136 cm³/mol. The molecule has 0 aliphatic heterocycles. The van der Waals surface area contributed by atoms with Gasteiger partial charge < -0.3 is 5.32 Å². The van der Waals surface area contributed by atoms with E-state index in [4.69, 9.17) is 0 Å². The van der Waals surface area contributed by atoms with Crippen molar-refractivity contribution in [3.8, 4) is 0 Å². The number of hydrogen-bond acceptors (Lipinski definition) is 2. The molecule has 0 unspecified atom stereocenters. The molecule has 34 heavy (non-hydrogen) atoms. The van der Waals surface area contributed by atoms with Crippen LogP contribution in [0.2, 0.25) is 0 Å². The van der Waals surface area contributed by atoms with Gasteiger partial charge >= 0.3 is 0 Å². The van der Waals surface area contributed by atoms with Crippen LogP contribution < -0.4 is 5.32 Å². The summed E-state index contributed by atoms with van der Waals surface area (Å²) in [5, 5.41) is 3.20. The highest BCUT2D eigenvalue weighted by molar-refractivity contribution is 6.04. The molecule has 3 aromatic rings. The molecule has 3 atom stereocenters. The number of hydrogen-bond donors (Lipinski definition) is 1. The summed E-state index contributed by atoms with van der Waals surface area (Å²) in [6.07, 6.45) is 6.17. The van der Waals surface area contributed by atoms with E-state index >= 15 is 0 Å². The smallest absolute Gasteiger partial charge is 0.251 e. The second kappa shape index (κ2) is 9.97. The number of carbonyl (C=O) groups is 2. The summed E-state index contributed by atoms with van der Waals surface area (Å²) in [4.78, 5) is 26.7. The standard InChI is InChI=1S/C31H33NO2/c1-21(22-12-5-2-6-13-22)32-31(34)26-19-11-18-25(20-26)30(33)29-27(23-14-7-3-8-15-23)28(29)24-16-9-4-10-17-24/h3-4,7-11,14-22,27-29H,2,5-6,12-13H2,1H3,(H,32,34)/t21-,27-,28-/m0/s1. The van der Waals surface area contributed by atoms with E-state index in [9.17, 15) is 9.59 Å². The fourth-order valence-corrected chi connectivity index (χ4v) is 5.87. The van der Waals surface area contributed by atoms with Gasteiger partial charge in [-0.05, 0) is 48.9 Å². The first-order valence-corrected chi connectivity index (χ1v) is 12.7. The molecule has 174 valence electrons. The summed E-state index contributed by atoms with van der Waals surface area (Å²) >= 11 is 0. The topological polar surface area (TPSA) is 46.2 Å². The summed E-state index contributed by atoms with van der Waals surface area (Å²) in [7, 11) is 0. The molecular weight excluding hydrogens is 418 g/mol. The maximum atomic E-state index is 13.7. The Balaban J connectivity index is 1.34. The lowest BCUT2D eigenvalue weighted by Crippen LogP contribution is -2.38. The van der Waals surface area contributed by atoms with Crippen molar-refractivity contribution in [1.29, 1.82) is 0 Å². The summed E-state index contributed by atoms with van der Waals surface area (Å²) in [6.45, 7) is 2.11. The summed E-state index contributed by atoms with van der Waals surface area (Å²) < 4.78 is 0. The molecule has 0 saturated heterocycles. The van der Waals surface area contributed by atoms with E-state index in [1.807, 2.05) is 54.6 Å². The fraction of sp³-hybridized carbons (Fsp3) is 0.355. The van der Waals surface area contributed by atoms with Gasteiger partial charge in [-0.15, -0.1) is 0 Å². The van der Waals surface area contributed by atoms with Crippen LogP contribution in [0.1, 0.15) is 82.7 Å². The van der Waals surface area contributed by atoms with Gasteiger partial charge in [0.2, 0.25) is 0 Å². The molecule has 5 rings (SSSR count). The van der Waals surface area contributed by atoms with Gasteiger partial charge in [-0.2, -0.15) is 0 Å². The number of amides is 1. The van der Waals surface area contributed by atoms with Crippen molar-refractivity contribution < 1.29 is 9.59 Å². The molecule has 2 saturated carbocycles. The van der Waals surface area contributed by atoms with Crippen molar-refractivity contribution in [2.45, 2.75) is 56.9 Å².